The van der Waals surface area contributed by atoms with Crippen LogP contribution in [0.1, 0.15) is 30.9 Å². The molecule has 0 aliphatic heterocycles. The van der Waals surface area contributed by atoms with Gasteiger partial charge in [0.1, 0.15) is 11.4 Å². The standard InChI is InChI=1S/C18H20F3NO/c1-17(12-5-13-22,14-6-3-2-4-7-14)23-16-10-8-15(9-11-16)18(19,20)21/h2-4,6-11H,5,12-13,22H2,1H3. The Hall–Kier alpha value is -2.01. The fraction of sp³-hybridized carbons (Fsp3) is 0.333. The van der Waals surface area contributed by atoms with Crippen LogP contribution < -0.4 is 10.5 Å². The van der Waals surface area contributed by atoms with E-state index in [9.17, 15) is 13.2 Å². The van der Waals surface area contributed by atoms with E-state index in [0.29, 0.717) is 18.7 Å². The summed E-state index contributed by atoms with van der Waals surface area (Å²) in [5, 5.41) is 0. The number of alkyl halides is 3. The maximum atomic E-state index is 12.6. The number of halogens is 3. The Kier molecular flexibility index (Phi) is 5.31. The minimum Gasteiger partial charge on any atom is -0.483 e. The van der Waals surface area contributed by atoms with E-state index in [2.05, 4.69) is 0 Å². The lowest BCUT2D eigenvalue weighted by Crippen LogP contribution is -2.30. The van der Waals surface area contributed by atoms with Gasteiger partial charge >= 0.3 is 6.18 Å². The van der Waals surface area contributed by atoms with E-state index in [0.717, 1.165) is 24.1 Å². The highest BCUT2D eigenvalue weighted by molar-refractivity contribution is 5.31. The highest BCUT2D eigenvalue weighted by Crippen LogP contribution is 2.34. The molecule has 0 heterocycles. The molecule has 0 saturated carbocycles. The topological polar surface area (TPSA) is 35.2 Å². The number of hydrogen-bond acceptors (Lipinski definition) is 2. The van der Waals surface area contributed by atoms with Gasteiger partial charge in [0.25, 0.3) is 0 Å². The molecule has 0 aromatic heterocycles. The van der Waals surface area contributed by atoms with Crippen molar-refractivity contribution < 1.29 is 17.9 Å². The third-order valence-corrected chi connectivity index (χ3v) is 3.77. The van der Waals surface area contributed by atoms with Crippen molar-refractivity contribution in [2.75, 3.05) is 6.54 Å². The zero-order valence-corrected chi connectivity index (χ0v) is 12.9. The van der Waals surface area contributed by atoms with Crippen molar-refractivity contribution in [2.24, 2.45) is 5.73 Å². The van der Waals surface area contributed by atoms with Gasteiger partial charge in [0.15, 0.2) is 0 Å². The Bertz CT molecular complexity index is 610. The van der Waals surface area contributed by atoms with Gasteiger partial charge in [-0.1, -0.05) is 30.3 Å². The van der Waals surface area contributed by atoms with Gasteiger partial charge < -0.3 is 10.5 Å². The molecule has 2 N–H and O–H groups in total. The molecule has 2 aromatic carbocycles. The summed E-state index contributed by atoms with van der Waals surface area (Å²) in [7, 11) is 0. The summed E-state index contributed by atoms with van der Waals surface area (Å²) in [6.07, 6.45) is -2.92. The van der Waals surface area contributed by atoms with Gasteiger partial charge in [-0.15, -0.1) is 0 Å². The van der Waals surface area contributed by atoms with Crippen LogP contribution >= 0.6 is 0 Å². The molecular formula is C18H20F3NO. The van der Waals surface area contributed by atoms with Crippen LogP contribution in [0.3, 0.4) is 0 Å². The monoisotopic (exact) mass is 323 g/mol. The van der Waals surface area contributed by atoms with Crippen LogP contribution in [-0.2, 0) is 11.8 Å². The van der Waals surface area contributed by atoms with E-state index >= 15 is 0 Å². The Morgan fingerprint density at radius 2 is 1.52 bits per heavy atom. The molecule has 0 aliphatic rings. The van der Waals surface area contributed by atoms with Crippen molar-refractivity contribution in [3.8, 4) is 5.75 Å². The van der Waals surface area contributed by atoms with Crippen LogP contribution in [-0.4, -0.2) is 6.54 Å². The number of nitrogens with two attached hydrogens (primary N) is 1. The molecule has 0 bridgehead atoms. The van der Waals surface area contributed by atoms with Crippen molar-refractivity contribution in [3.63, 3.8) is 0 Å². The lowest BCUT2D eigenvalue weighted by Gasteiger charge is -2.31. The van der Waals surface area contributed by atoms with E-state index in [-0.39, 0.29) is 0 Å². The van der Waals surface area contributed by atoms with Gasteiger partial charge in [-0.3, -0.25) is 0 Å². The molecule has 0 amide bonds. The highest BCUT2D eigenvalue weighted by Gasteiger charge is 2.31. The predicted molar refractivity (Wildman–Crippen MR) is 84.2 cm³/mol. The van der Waals surface area contributed by atoms with Crippen molar-refractivity contribution in [1.82, 2.24) is 0 Å². The summed E-state index contributed by atoms with van der Waals surface area (Å²) in [6.45, 7) is 2.45. The summed E-state index contributed by atoms with van der Waals surface area (Å²) in [4.78, 5) is 0. The molecule has 1 unspecified atom stereocenters. The Labute approximate surface area is 134 Å². The molecule has 2 rings (SSSR count). The normalized spacial score (nSPS) is 14.3. The Balaban J connectivity index is 2.24. The molecular weight excluding hydrogens is 303 g/mol. The van der Waals surface area contributed by atoms with Crippen molar-refractivity contribution in [1.29, 1.82) is 0 Å². The Morgan fingerprint density at radius 3 is 2.04 bits per heavy atom. The molecule has 2 aromatic rings. The number of benzene rings is 2. The second kappa shape index (κ2) is 7.04. The van der Waals surface area contributed by atoms with E-state index in [1.54, 1.807) is 0 Å². The minimum atomic E-state index is -4.35. The van der Waals surface area contributed by atoms with Crippen LogP contribution in [0.25, 0.3) is 0 Å². The lowest BCUT2D eigenvalue weighted by atomic mass is 9.90. The fourth-order valence-corrected chi connectivity index (χ4v) is 2.46. The average Bonchev–Trinajstić information content (AvgIpc) is 2.53. The molecule has 0 radical (unpaired) electrons. The van der Waals surface area contributed by atoms with Crippen molar-refractivity contribution in [2.45, 2.75) is 31.5 Å². The van der Waals surface area contributed by atoms with Crippen LogP contribution in [0, 0.1) is 0 Å². The van der Waals surface area contributed by atoms with Gasteiger partial charge in [0, 0.05) is 0 Å². The number of rotatable bonds is 6. The SMILES string of the molecule is CC(CCCN)(Oc1ccc(C(F)(F)F)cc1)c1ccccc1. The maximum absolute atomic E-state index is 12.6. The van der Waals surface area contributed by atoms with E-state index < -0.39 is 17.3 Å². The van der Waals surface area contributed by atoms with Gasteiger partial charge in [0.05, 0.1) is 5.56 Å². The highest BCUT2D eigenvalue weighted by atomic mass is 19.4. The largest absolute Gasteiger partial charge is 0.483 e. The van der Waals surface area contributed by atoms with E-state index in [4.69, 9.17) is 10.5 Å². The first-order chi connectivity index (χ1) is 10.8. The molecule has 0 aliphatic carbocycles. The zero-order chi connectivity index (χ0) is 16.9. The first-order valence-electron chi connectivity index (χ1n) is 7.47. The van der Waals surface area contributed by atoms with Gasteiger partial charge in [-0.2, -0.15) is 13.2 Å². The fourth-order valence-electron chi connectivity index (χ4n) is 2.46. The van der Waals surface area contributed by atoms with Crippen molar-refractivity contribution in [3.05, 3.63) is 65.7 Å². The van der Waals surface area contributed by atoms with E-state index in [1.165, 1.54) is 12.1 Å². The lowest BCUT2D eigenvalue weighted by molar-refractivity contribution is -0.137. The first kappa shape index (κ1) is 17.3. The summed E-state index contributed by atoms with van der Waals surface area (Å²) in [5.74, 6) is 0.404. The Morgan fingerprint density at radius 1 is 0.913 bits per heavy atom. The van der Waals surface area contributed by atoms with Crippen LogP contribution in [0.15, 0.2) is 54.6 Å². The maximum Gasteiger partial charge on any atom is 0.416 e. The molecule has 124 valence electrons. The number of ether oxygens (including phenoxy) is 1. The summed E-state index contributed by atoms with van der Waals surface area (Å²) < 4.78 is 43.9. The summed E-state index contributed by atoms with van der Waals surface area (Å²) >= 11 is 0. The second-order valence-corrected chi connectivity index (χ2v) is 5.61. The number of hydrogen-bond donors (Lipinski definition) is 1. The van der Waals surface area contributed by atoms with Crippen LogP contribution in [0.4, 0.5) is 13.2 Å². The van der Waals surface area contributed by atoms with Gasteiger partial charge in [-0.25, -0.2) is 0 Å². The third kappa shape index (κ3) is 4.48. The second-order valence-electron chi connectivity index (χ2n) is 5.61. The summed E-state index contributed by atoms with van der Waals surface area (Å²) in [5.41, 5.74) is 5.24. The van der Waals surface area contributed by atoms with E-state index in [1.807, 2.05) is 37.3 Å². The molecule has 0 fully saturated rings. The van der Waals surface area contributed by atoms with Gasteiger partial charge in [0.2, 0.25) is 0 Å². The quantitative estimate of drug-likeness (QED) is 0.833. The van der Waals surface area contributed by atoms with Crippen molar-refractivity contribution >= 4 is 0 Å². The molecule has 5 heteroatoms. The average molecular weight is 323 g/mol. The molecule has 1 atom stereocenters. The molecule has 0 spiro atoms. The zero-order valence-electron chi connectivity index (χ0n) is 12.9. The molecule has 2 nitrogen and oxygen atoms in total. The van der Waals surface area contributed by atoms with Gasteiger partial charge in [-0.05, 0) is 56.1 Å². The predicted octanol–water partition coefficient (Wildman–Crippen LogP) is 4.74. The molecule has 0 saturated heterocycles. The summed E-state index contributed by atoms with van der Waals surface area (Å²) in [6, 6.07) is 14.4. The third-order valence-electron chi connectivity index (χ3n) is 3.77. The smallest absolute Gasteiger partial charge is 0.416 e. The van der Waals surface area contributed by atoms with Crippen LogP contribution in [0.5, 0.6) is 5.75 Å². The minimum absolute atomic E-state index is 0.404. The first-order valence-corrected chi connectivity index (χ1v) is 7.47. The van der Waals surface area contributed by atoms with Crippen LogP contribution in [0.2, 0.25) is 0 Å². The molecule has 23 heavy (non-hydrogen) atoms.